The van der Waals surface area contributed by atoms with Crippen LogP contribution < -0.4 is 5.32 Å². The fraction of sp³-hybridized carbons (Fsp3) is 0.533. The van der Waals surface area contributed by atoms with Gasteiger partial charge in [0, 0.05) is 13.0 Å². The Morgan fingerprint density at radius 2 is 1.83 bits per heavy atom. The first kappa shape index (κ1) is 14.7. The standard InChI is InChI=1S/C15H23NO2/c1-11(2)14(17)10-16-15(18)9-12(3)13-7-5-4-6-8-13/h4-8,11-12,14,17H,9-10H2,1-3H3,(H,16,18). The molecular formula is C15H23NO2. The molecule has 2 atom stereocenters. The van der Waals surface area contributed by atoms with E-state index >= 15 is 0 Å². The lowest BCUT2D eigenvalue weighted by Crippen LogP contribution is -2.35. The summed E-state index contributed by atoms with van der Waals surface area (Å²) in [5, 5.41) is 12.4. The minimum Gasteiger partial charge on any atom is -0.391 e. The van der Waals surface area contributed by atoms with Crippen LogP contribution in [0.3, 0.4) is 0 Å². The van der Waals surface area contributed by atoms with E-state index in [0.29, 0.717) is 13.0 Å². The molecular weight excluding hydrogens is 226 g/mol. The molecule has 2 N–H and O–H groups in total. The summed E-state index contributed by atoms with van der Waals surface area (Å²) < 4.78 is 0. The lowest BCUT2D eigenvalue weighted by molar-refractivity contribution is -0.122. The van der Waals surface area contributed by atoms with Crippen molar-refractivity contribution in [2.24, 2.45) is 5.92 Å². The third-order valence-corrected chi connectivity index (χ3v) is 3.14. The van der Waals surface area contributed by atoms with Gasteiger partial charge in [0.15, 0.2) is 0 Å². The van der Waals surface area contributed by atoms with Gasteiger partial charge >= 0.3 is 0 Å². The van der Waals surface area contributed by atoms with E-state index in [-0.39, 0.29) is 17.7 Å². The normalized spacial score (nSPS) is 14.3. The van der Waals surface area contributed by atoms with E-state index in [4.69, 9.17) is 0 Å². The summed E-state index contributed by atoms with van der Waals surface area (Å²) in [6.07, 6.45) is -0.0181. The van der Waals surface area contributed by atoms with Crippen molar-refractivity contribution in [1.82, 2.24) is 5.32 Å². The molecule has 0 saturated carbocycles. The lowest BCUT2D eigenvalue weighted by Gasteiger charge is -2.16. The number of nitrogens with one attached hydrogen (secondary N) is 1. The molecule has 3 nitrogen and oxygen atoms in total. The Labute approximate surface area is 109 Å². The van der Waals surface area contributed by atoms with Crippen LogP contribution in [0, 0.1) is 5.92 Å². The third-order valence-electron chi connectivity index (χ3n) is 3.14. The number of amides is 1. The van der Waals surface area contributed by atoms with Crippen molar-refractivity contribution in [2.45, 2.75) is 39.2 Å². The summed E-state index contributed by atoms with van der Waals surface area (Å²) in [5.74, 6) is 0.352. The topological polar surface area (TPSA) is 49.3 Å². The Balaban J connectivity index is 2.37. The fourth-order valence-corrected chi connectivity index (χ4v) is 1.70. The summed E-state index contributed by atoms with van der Waals surface area (Å²) in [6.45, 7) is 6.23. The van der Waals surface area contributed by atoms with Crippen LogP contribution >= 0.6 is 0 Å². The van der Waals surface area contributed by atoms with Crippen LogP contribution in [0.25, 0.3) is 0 Å². The minimum atomic E-state index is -0.471. The van der Waals surface area contributed by atoms with Crippen molar-refractivity contribution in [3.8, 4) is 0 Å². The molecule has 0 aliphatic rings. The van der Waals surface area contributed by atoms with Crippen molar-refractivity contribution in [1.29, 1.82) is 0 Å². The molecule has 1 amide bonds. The molecule has 0 aromatic heterocycles. The predicted octanol–water partition coefficient (Wildman–Crippen LogP) is 2.31. The van der Waals surface area contributed by atoms with Crippen LogP contribution in [-0.4, -0.2) is 23.7 Å². The van der Waals surface area contributed by atoms with E-state index < -0.39 is 6.10 Å². The molecule has 1 rings (SSSR count). The number of benzene rings is 1. The Bertz CT molecular complexity index is 362. The summed E-state index contributed by atoms with van der Waals surface area (Å²) in [4.78, 5) is 11.7. The highest BCUT2D eigenvalue weighted by Gasteiger charge is 2.13. The van der Waals surface area contributed by atoms with Crippen LogP contribution in [0.2, 0.25) is 0 Å². The summed E-state index contributed by atoms with van der Waals surface area (Å²) in [5.41, 5.74) is 1.16. The molecule has 0 fully saturated rings. The van der Waals surface area contributed by atoms with E-state index in [9.17, 15) is 9.90 Å². The van der Waals surface area contributed by atoms with Crippen molar-refractivity contribution in [3.63, 3.8) is 0 Å². The summed E-state index contributed by atoms with van der Waals surface area (Å²) in [6, 6.07) is 9.98. The number of rotatable bonds is 6. The highest BCUT2D eigenvalue weighted by atomic mass is 16.3. The molecule has 0 aliphatic heterocycles. The molecule has 1 aromatic carbocycles. The Morgan fingerprint density at radius 1 is 1.22 bits per heavy atom. The van der Waals surface area contributed by atoms with Gasteiger partial charge in [0.2, 0.25) is 5.91 Å². The van der Waals surface area contributed by atoms with Crippen LogP contribution in [0.5, 0.6) is 0 Å². The molecule has 18 heavy (non-hydrogen) atoms. The minimum absolute atomic E-state index is 0.00828. The Morgan fingerprint density at radius 3 is 2.39 bits per heavy atom. The molecule has 0 aliphatic carbocycles. The number of carbonyl (C=O) groups excluding carboxylic acids is 1. The van der Waals surface area contributed by atoms with Gasteiger partial charge in [-0.1, -0.05) is 51.1 Å². The van der Waals surface area contributed by atoms with Crippen LogP contribution in [0.1, 0.15) is 38.7 Å². The fourth-order valence-electron chi connectivity index (χ4n) is 1.70. The summed E-state index contributed by atoms with van der Waals surface area (Å²) >= 11 is 0. The maximum atomic E-state index is 11.7. The highest BCUT2D eigenvalue weighted by molar-refractivity contribution is 5.76. The Kier molecular flexibility index (Phi) is 5.86. The molecule has 0 radical (unpaired) electrons. The van der Waals surface area contributed by atoms with Gasteiger partial charge in [0.05, 0.1) is 6.10 Å². The molecule has 2 unspecified atom stereocenters. The zero-order chi connectivity index (χ0) is 13.5. The number of aliphatic hydroxyl groups excluding tert-OH is 1. The molecule has 100 valence electrons. The first-order chi connectivity index (χ1) is 8.50. The largest absolute Gasteiger partial charge is 0.391 e. The van der Waals surface area contributed by atoms with Crippen LogP contribution in [0.4, 0.5) is 0 Å². The van der Waals surface area contributed by atoms with Crippen molar-refractivity contribution in [3.05, 3.63) is 35.9 Å². The van der Waals surface area contributed by atoms with Gasteiger partial charge in [-0.25, -0.2) is 0 Å². The quantitative estimate of drug-likeness (QED) is 0.813. The second-order valence-electron chi connectivity index (χ2n) is 5.13. The van der Waals surface area contributed by atoms with E-state index in [2.05, 4.69) is 5.32 Å². The molecule has 0 heterocycles. The van der Waals surface area contributed by atoms with E-state index in [1.54, 1.807) is 0 Å². The maximum Gasteiger partial charge on any atom is 0.220 e. The average Bonchev–Trinajstić information content (AvgIpc) is 2.36. The molecule has 1 aromatic rings. The zero-order valence-corrected chi connectivity index (χ0v) is 11.4. The second kappa shape index (κ2) is 7.17. The number of aliphatic hydroxyl groups is 1. The summed E-state index contributed by atoms with van der Waals surface area (Å²) in [7, 11) is 0. The van der Waals surface area contributed by atoms with Gasteiger partial charge in [0.1, 0.15) is 0 Å². The van der Waals surface area contributed by atoms with Crippen molar-refractivity contribution >= 4 is 5.91 Å². The van der Waals surface area contributed by atoms with E-state index in [0.717, 1.165) is 5.56 Å². The van der Waals surface area contributed by atoms with Crippen LogP contribution in [-0.2, 0) is 4.79 Å². The molecule has 0 saturated heterocycles. The smallest absolute Gasteiger partial charge is 0.220 e. The van der Waals surface area contributed by atoms with Gasteiger partial charge in [-0.3, -0.25) is 4.79 Å². The molecule has 0 spiro atoms. The van der Waals surface area contributed by atoms with Gasteiger partial charge in [-0.15, -0.1) is 0 Å². The van der Waals surface area contributed by atoms with Crippen LogP contribution in [0.15, 0.2) is 30.3 Å². The number of carbonyl (C=O) groups is 1. The lowest BCUT2D eigenvalue weighted by atomic mass is 9.97. The van der Waals surface area contributed by atoms with E-state index in [1.165, 1.54) is 0 Å². The molecule has 3 heteroatoms. The van der Waals surface area contributed by atoms with Crippen molar-refractivity contribution < 1.29 is 9.90 Å². The first-order valence-corrected chi connectivity index (χ1v) is 6.50. The predicted molar refractivity (Wildman–Crippen MR) is 73.3 cm³/mol. The molecule has 0 bridgehead atoms. The maximum absolute atomic E-state index is 11.7. The number of hydrogen-bond donors (Lipinski definition) is 2. The van der Waals surface area contributed by atoms with Gasteiger partial charge < -0.3 is 10.4 Å². The van der Waals surface area contributed by atoms with E-state index in [1.807, 2.05) is 51.1 Å². The Hall–Kier alpha value is -1.35. The monoisotopic (exact) mass is 249 g/mol. The zero-order valence-electron chi connectivity index (χ0n) is 11.4. The van der Waals surface area contributed by atoms with Gasteiger partial charge in [-0.2, -0.15) is 0 Å². The van der Waals surface area contributed by atoms with Gasteiger partial charge in [0.25, 0.3) is 0 Å². The van der Waals surface area contributed by atoms with Gasteiger partial charge in [-0.05, 0) is 17.4 Å². The highest BCUT2D eigenvalue weighted by Crippen LogP contribution is 2.17. The second-order valence-corrected chi connectivity index (χ2v) is 5.13. The SMILES string of the molecule is CC(CC(=O)NCC(O)C(C)C)c1ccccc1. The third kappa shape index (κ3) is 4.88. The average molecular weight is 249 g/mol. The van der Waals surface area contributed by atoms with Crippen molar-refractivity contribution in [2.75, 3.05) is 6.54 Å². The number of hydrogen-bond acceptors (Lipinski definition) is 2. The first-order valence-electron chi connectivity index (χ1n) is 6.50.